The third-order valence-electron chi connectivity index (χ3n) is 5.24. The maximum absolute atomic E-state index is 2.59. The fourth-order valence-corrected chi connectivity index (χ4v) is 4.24. The van der Waals surface area contributed by atoms with Crippen LogP contribution in [0.2, 0.25) is 0 Å². The molecule has 2 fully saturated rings. The summed E-state index contributed by atoms with van der Waals surface area (Å²) in [4.78, 5) is 0. The normalized spacial score (nSPS) is 21.9. The highest BCUT2D eigenvalue weighted by Gasteiger charge is 2.23. The first-order valence-corrected chi connectivity index (χ1v) is 7.87. The molecule has 2 aliphatic rings. The smallest absolute Gasteiger partial charge is 0.0159 e. The molecule has 18 heavy (non-hydrogen) atoms. The summed E-state index contributed by atoms with van der Waals surface area (Å²) in [5.41, 5.74) is 6.45. The van der Waals surface area contributed by atoms with Crippen LogP contribution in [0.5, 0.6) is 0 Å². The van der Waals surface area contributed by atoms with Crippen molar-refractivity contribution in [2.75, 3.05) is 0 Å². The van der Waals surface area contributed by atoms with Gasteiger partial charge in [0.1, 0.15) is 0 Å². The number of hydrogen-bond acceptors (Lipinski definition) is 0. The molecule has 0 nitrogen and oxygen atoms in total. The fraction of sp³-hybridized carbons (Fsp3) is 0.667. The first-order chi connectivity index (χ1) is 8.75. The predicted molar refractivity (Wildman–Crippen MR) is 78.3 cm³/mol. The van der Waals surface area contributed by atoms with Gasteiger partial charge in [-0.2, -0.15) is 0 Å². The van der Waals surface area contributed by atoms with E-state index in [2.05, 4.69) is 26.0 Å². The summed E-state index contributed by atoms with van der Waals surface area (Å²) in [5, 5.41) is 0. The van der Waals surface area contributed by atoms with Gasteiger partial charge in [0.25, 0.3) is 0 Å². The van der Waals surface area contributed by atoms with Crippen molar-refractivity contribution >= 4 is 0 Å². The van der Waals surface area contributed by atoms with Gasteiger partial charge >= 0.3 is 0 Å². The van der Waals surface area contributed by atoms with Gasteiger partial charge in [-0.05, 0) is 73.6 Å². The van der Waals surface area contributed by atoms with Crippen LogP contribution in [0.25, 0.3) is 0 Å². The Morgan fingerprint density at radius 2 is 1.06 bits per heavy atom. The van der Waals surface area contributed by atoms with E-state index in [1.807, 2.05) is 0 Å². The van der Waals surface area contributed by atoms with Gasteiger partial charge in [0, 0.05) is 0 Å². The van der Waals surface area contributed by atoms with Crippen molar-refractivity contribution < 1.29 is 0 Å². The van der Waals surface area contributed by atoms with Gasteiger partial charge in [-0.15, -0.1) is 0 Å². The van der Waals surface area contributed by atoms with Gasteiger partial charge in [0.05, 0.1) is 0 Å². The molecule has 0 atom stereocenters. The van der Waals surface area contributed by atoms with Gasteiger partial charge in [0.15, 0.2) is 0 Å². The Balaban J connectivity index is 1.95. The van der Waals surface area contributed by atoms with Crippen molar-refractivity contribution in [1.82, 2.24) is 0 Å². The van der Waals surface area contributed by atoms with Gasteiger partial charge < -0.3 is 0 Å². The largest absolute Gasteiger partial charge is 0.0558 e. The molecule has 1 aromatic carbocycles. The number of benzene rings is 1. The van der Waals surface area contributed by atoms with Crippen LogP contribution < -0.4 is 0 Å². The molecule has 2 aliphatic carbocycles. The molecule has 3 rings (SSSR count). The molecule has 0 radical (unpaired) electrons. The second-order valence-electron chi connectivity index (χ2n) is 6.53. The van der Waals surface area contributed by atoms with E-state index in [1.54, 1.807) is 22.3 Å². The summed E-state index contributed by atoms with van der Waals surface area (Å²) in [7, 11) is 0. The molecule has 98 valence electrons. The molecule has 1 aromatic rings. The number of hydrogen-bond donors (Lipinski definition) is 0. The van der Waals surface area contributed by atoms with E-state index in [-0.39, 0.29) is 0 Å². The molecule has 2 saturated carbocycles. The predicted octanol–water partition coefficient (Wildman–Crippen LogP) is 5.62. The van der Waals surface area contributed by atoms with E-state index in [0.29, 0.717) is 0 Å². The van der Waals surface area contributed by atoms with Crippen LogP contribution in [0.15, 0.2) is 12.1 Å². The topological polar surface area (TPSA) is 0 Å². The monoisotopic (exact) mass is 242 g/mol. The van der Waals surface area contributed by atoms with Gasteiger partial charge in [-0.1, -0.05) is 37.8 Å². The van der Waals surface area contributed by atoms with Crippen LogP contribution in [-0.4, -0.2) is 0 Å². The first-order valence-electron chi connectivity index (χ1n) is 7.87. The van der Waals surface area contributed by atoms with E-state index in [9.17, 15) is 0 Å². The first kappa shape index (κ1) is 12.3. The van der Waals surface area contributed by atoms with E-state index < -0.39 is 0 Å². The van der Waals surface area contributed by atoms with Crippen LogP contribution >= 0.6 is 0 Å². The average molecular weight is 242 g/mol. The SMILES string of the molecule is Cc1cc(C)c(C2CCCC2)cc1C1CCCC1. The highest BCUT2D eigenvalue weighted by atomic mass is 14.3. The summed E-state index contributed by atoms with van der Waals surface area (Å²) in [6.07, 6.45) is 11.5. The number of rotatable bonds is 2. The lowest BCUT2D eigenvalue weighted by Gasteiger charge is -2.20. The lowest BCUT2D eigenvalue weighted by atomic mass is 9.85. The second kappa shape index (κ2) is 5.07. The van der Waals surface area contributed by atoms with E-state index >= 15 is 0 Å². The molecule has 0 saturated heterocycles. The standard InChI is InChI=1S/C18H26/c1-13-11-14(2)18(16-9-5-6-10-16)12-17(13)15-7-3-4-8-15/h11-12,15-16H,3-10H2,1-2H3. The summed E-state index contributed by atoms with van der Waals surface area (Å²) in [6, 6.07) is 5.05. The third-order valence-corrected chi connectivity index (χ3v) is 5.24. The van der Waals surface area contributed by atoms with E-state index in [4.69, 9.17) is 0 Å². The molecule has 0 heteroatoms. The van der Waals surface area contributed by atoms with Crippen molar-refractivity contribution in [3.05, 3.63) is 34.4 Å². The summed E-state index contributed by atoms with van der Waals surface area (Å²) in [6.45, 7) is 4.64. The van der Waals surface area contributed by atoms with Crippen LogP contribution in [0.4, 0.5) is 0 Å². The lowest BCUT2D eigenvalue weighted by molar-refractivity contribution is 0.693. The molecule has 0 bridgehead atoms. The molecular weight excluding hydrogens is 216 g/mol. The minimum Gasteiger partial charge on any atom is -0.0558 e. The molecular formula is C18H26. The van der Waals surface area contributed by atoms with Crippen LogP contribution in [0.1, 0.15) is 85.5 Å². The Labute approximate surface area is 112 Å². The highest BCUT2D eigenvalue weighted by Crippen LogP contribution is 2.41. The van der Waals surface area contributed by atoms with Crippen molar-refractivity contribution in [2.24, 2.45) is 0 Å². The highest BCUT2D eigenvalue weighted by molar-refractivity contribution is 5.41. The van der Waals surface area contributed by atoms with Gasteiger partial charge in [-0.3, -0.25) is 0 Å². The second-order valence-corrected chi connectivity index (χ2v) is 6.53. The van der Waals surface area contributed by atoms with Crippen LogP contribution in [0.3, 0.4) is 0 Å². The minimum absolute atomic E-state index is 0.866. The Kier molecular flexibility index (Phi) is 3.46. The summed E-state index contributed by atoms with van der Waals surface area (Å²) in [5.74, 6) is 1.73. The maximum atomic E-state index is 2.59. The minimum atomic E-state index is 0.866. The molecule has 0 heterocycles. The molecule has 0 amide bonds. The molecule has 0 N–H and O–H groups in total. The zero-order valence-corrected chi connectivity index (χ0v) is 12.0. The maximum Gasteiger partial charge on any atom is -0.0159 e. The van der Waals surface area contributed by atoms with E-state index in [0.717, 1.165) is 11.8 Å². The van der Waals surface area contributed by atoms with Crippen molar-refractivity contribution in [2.45, 2.75) is 77.0 Å². The zero-order chi connectivity index (χ0) is 12.5. The Bertz CT molecular complexity index is 381. The van der Waals surface area contributed by atoms with Crippen molar-refractivity contribution in [3.8, 4) is 0 Å². The molecule has 0 aliphatic heterocycles. The molecule has 0 spiro atoms. The van der Waals surface area contributed by atoms with Gasteiger partial charge in [0.2, 0.25) is 0 Å². The third kappa shape index (κ3) is 2.22. The Hall–Kier alpha value is -0.780. The van der Waals surface area contributed by atoms with Crippen molar-refractivity contribution in [1.29, 1.82) is 0 Å². The number of aryl methyl sites for hydroxylation is 2. The molecule has 0 aromatic heterocycles. The average Bonchev–Trinajstić information content (AvgIpc) is 3.01. The molecule has 0 unspecified atom stereocenters. The quantitative estimate of drug-likeness (QED) is 0.631. The van der Waals surface area contributed by atoms with E-state index in [1.165, 1.54) is 51.4 Å². The van der Waals surface area contributed by atoms with Crippen LogP contribution in [0, 0.1) is 13.8 Å². The Morgan fingerprint density at radius 1 is 0.667 bits per heavy atom. The summed E-state index contributed by atoms with van der Waals surface area (Å²) >= 11 is 0. The lowest BCUT2D eigenvalue weighted by Crippen LogP contribution is -2.03. The fourth-order valence-electron chi connectivity index (χ4n) is 4.24. The van der Waals surface area contributed by atoms with Crippen molar-refractivity contribution in [3.63, 3.8) is 0 Å². The van der Waals surface area contributed by atoms with Crippen LogP contribution in [-0.2, 0) is 0 Å². The summed E-state index contributed by atoms with van der Waals surface area (Å²) < 4.78 is 0. The Morgan fingerprint density at radius 3 is 1.44 bits per heavy atom. The van der Waals surface area contributed by atoms with Gasteiger partial charge in [-0.25, -0.2) is 0 Å². The zero-order valence-electron chi connectivity index (χ0n) is 12.0.